The molecule has 0 radical (unpaired) electrons. The molecule has 2 aromatic rings. The maximum absolute atomic E-state index is 12.6. The average Bonchev–Trinajstić information content (AvgIpc) is 2.62. The third-order valence-corrected chi connectivity index (χ3v) is 5.85. The molecule has 1 N–H and O–H groups in total. The highest BCUT2D eigenvalue weighted by Gasteiger charge is 2.20. The van der Waals surface area contributed by atoms with Crippen LogP contribution in [0.4, 0.5) is 0 Å². The van der Waals surface area contributed by atoms with E-state index < -0.39 is 22.0 Å². The van der Waals surface area contributed by atoms with Crippen molar-refractivity contribution in [1.82, 2.24) is 4.72 Å². The van der Waals surface area contributed by atoms with E-state index in [4.69, 9.17) is 9.47 Å². The van der Waals surface area contributed by atoms with Gasteiger partial charge >= 0.3 is 5.97 Å². The van der Waals surface area contributed by atoms with Crippen molar-refractivity contribution in [3.63, 3.8) is 0 Å². The molecule has 6 nitrogen and oxygen atoms in total. The van der Waals surface area contributed by atoms with Crippen LogP contribution in [0.15, 0.2) is 41.3 Å². The minimum atomic E-state index is -3.80. The van der Waals surface area contributed by atoms with Crippen molar-refractivity contribution in [2.45, 2.75) is 38.6 Å². The molecule has 0 bridgehead atoms. The zero-order chi connectivity index (χ0) is 20.2. The lowest BCUT2D eigenvalue weighted by Crippen LogP contribution is -2.36. The van der Waals surface area contributed by atoms with E-state index in [1.54, 1.807) is 19.9 Å². The third kappa shape index (κ3) is 5.30. The predicted octanol–water partition coefficient (Wildman–Crippen LogP) is 3.14. The topological polar surface area (TPSA) is 81.7 Å². The summed E-state index contributed by atoms with van der Waals surface area (Å²) in [5, 5.41) is 0. The van der Waals surface area contributed by atoms with Gasteiger partial charge in [-0.05, 0) is 68.7 Å². The molecule has 2 aromatic carbocycles. The summed E-state index contributed by atoms with van der Waals surface area (Å²) in [5.74, 6) is 0.114. The SMILES string of the molecule is COC(=O)c1cc(S(=O)(=O)N[C@@H](C)COc2ccc(C)c(C)c2)ccc1C. The van der Waals surface area contributed by atoms with E-state index in [0.29, 0.717) is 11.3 Å². The number of carbonyl (C=O) groups excluding carboxylic acids is 1. The van der Waals surface area contributed by atoms with Crippen molar-refractivity contribution < 1.29 is 22.7 Å². The summed E-state index contributed by atoms with van der Waals surface area (Å²) in [7, 11) is -2.54. The predicted molar refractivity (Wildman–Crippen MR) is 104 cm³/mol. The van der Waals surface area contributed by atoms with E-state index in [-0.39, 0.29) is 17.1 Å². The molecule has 0 aromatic heterocycles. The second-order valence-electron chi connectivity index (χ2n) is 6.55. The average molecular weight is 391 g/mol. The van der Waals surface area contributed by atoms with Gasteiger partial charge in [0.15, 0.2) is 0 Å². The van der Waals surface area contributed by atoms with Gasteiger partial charge in [0.2, 0.25) is 10.0 Å². The second-order valence-corrected chi connectivity index (χ2v) is 8.26. The number of sulfonamides is 1. The van der Waals surface area contributed by atoms with Crippen molar-refractivity contribution in [3.05, 3.63) is 58.7 Å². The van der Waals surface area contributed by atoms with Crippen LogP contribution < -0.4 is 9.46 Å². The first-order valence-corrected chi connectivity index (χ1v) is 10.0. The first-order valence-electron chi connectivity index (χ1n) is 8.55. The van der Waals surface area contributed by atoms with E-state index in [9.17, 15) is 13.2 Å². The largest absolute Gasteiger partial charge is 0.492 e. The number of methoxy groups -OCH3 is 1. The second kappa shape index (κ2) is 8.54. The van der Waals surface area contributed by atoms with Crippen LogP contribution in [-0.2, 0) is 14.8 Å². The summed E-state index contributed by atoms with van der Waals surface area (Å²) in [6, 6.07) is 9.63. The molecule has 2 rings (SSSR count). The van der Waals surface area contributed by atoms with Crippen LogP contribution >= 0.6 is 0 Å². The van der Waals surface area contributed by atoms with Gasteiger partial charge in [0.25, 0.3) is 0 Å². The molecule has 0 spiro atoms. The Labute approximate surface area is 160 Å². The van der Waals surface area contributed by atoms with Gasteiger partial charge in [-0.15, -0.1) is 0 Å². The minimum Gasteiger partial charge on any atom is -0.492 e. The Morgan fingerprint density at radius 2 is 1.70 bits per heavy atom. The number of hydrogen-bond acceptors (Lipinski definition) is 5. The number of aryl methyl sites for hydroxylation is 3. The Morgan fingerprint density at radius 3 is 2.33 bits per heavy atom. The number of rotatable bonds is 7. The van der Waals surface area contributed by atoms with Gasteiger partial charge in [-0.2, -0.15) is 0 Å². The van der Waals surface area contributed by atoms with Crippen LogP contribution in [0.1, 0.15) is 34.0 Å². The van der Waals surface area contributed by atoms with Crippen LogP contribution in [0.25, 0.3) is 0 Å². The van der Waals surface area contributed by atoms with E-state index >= 15 is 0 Å². The lowest BCUT2D eigenvalue weighted by molar-refractivity contribution is 0.0599. The number of nitrogens with one attached hydrogen (secondary N) is 1. The normalized spacial score (nSPS) is 12.5. The molecule has 0 fully saturated rings. The van der Waals surface area contributed by atoms with Gasteiger partial charge in [0.05, 0.1) is 23.6 Å². The van der Waals surface area contributed by atoms with Crippen LogP contribution in [0.5, 0.6) is 5.75 Å². The lowest BCUT2D eigenvalue weighted by Gasteiger charge is -2.16. The van der Waals surface area contributed by atoms with Crippen molar-refractivity contribution >= 4 is 16.0 Å². The van der Waals surface area contributed by atoms with Crippen LogP contribution in [-0.4, -0.2) is 34.1 Å². The van der Waals surface area contributed by atoms with Crippen LogP contribution in [0.2, 0.25) is 0 Å². The summed E-state index contributed by atoms with van der Waals surface area (Å²) in [4.78, 5) is 11.8. The Morgan fingerprint density at radius 1 is 1.04 bits per heavy atom. The fourth-order valence-electron chi connectivity index (χ4n) is 2.49. The van der Waals surface area contributed by atoms with Crippen LogP contribution in [0.3, 0.4) is 0 Å². The van der Waals surface area contributed by atoms with Crippen molar-refractivity contribution in [2.24, 2.45) is 0 Å². The third-order valence-electron chi connectivity index (χ3n) is 4.26. The maximum Gasteiger partial charge on any atom is 0.338 e. The van der Waals surface area contributed by atoms with Crippen LogP contribution in [0, 0.1) is 20.8 Å². The van der Waals surface area contributed by atoms with Gasteiger partial charge in [-0.25, -0.2) is 17.9 Å². The first kappa shape index (κ1) is 20.9. The number of hydrogen-bond donors (Lipinski definition) is 1. The Balaban J connectivity index is 2.08. The molecule has 0 saturated heterocycles. The number of carbonyl (C=O) groups is 1. The summed E-state index contributed by atoms with van der Waals surface area (Å²) in [5.41, 5.74) is 3.14. The monoisotopic (exact) mass is 391 g/mol. The molecule has 0 heterocycles. The maximum atomic E-state index is 12.6. The number of benzene rings is 2. The molecule has 0 unspecified atom stereocenters. The Hall–Kier alpha value is -2.38. The quantitative estimate of drug-likeness (QED) is 0.733. The summed E-state index contributed by atoms with van der Waals surface area (Å²) in [6.45, 7) is 7.62. The van der Waals surface area contributed by atoms with Gasteiger partial charge in [0, 0.05) is 0 Å². The molecule has 1 atom stereocenters. The van der Waals surface area contributed by atoms with Crippen molar-refractivity contribution in [1.29, 1.82) is 0 Å². The highest BCUT2D eigenvalue weighted by molar-refractivity contribution is 7.89. The minimum absolute atomic E-state index is 0.00605. The molecular weight excluding hydrogens is 366 g/mol. The molecule has 27 heavy (non-hydrogen) atoms. The van der Waals surface area contributed by atoms with E-state index in [0.717, 1.165) is 11.1 Å². The van der Waals surface area contributed by atoms with E-state index in [1.807, 2.05) is 32.0 Å². The lowest BCUT2D eigenvalue weighted by atomic mass is 10.1. The number of ether oxygens (including phenoxy) is 2. The standard InChI is InChI=1S/C20H25NO5S/c1-13-6-8-17(10-15(13)3)26-12-16(4)21-27(23,24)18-9-7-14(2)19(11-18)20(22)25-5/h6-11,16,21H,12H2,1-5H3/t16-/m0/s1. The Bertz CT molecular complexity index is 937. The van der Waals surface area contributed by atoms with Gasteiger partial charge in [-0.1, -0.05) is 12.1 Å². The van der Waals surface area contributed by atoms with Gasteiger partial charge < -0.3 is 9.47 Å². The smallest absolute Gasteiger partial charge is 0.338 e. The van der Waals surface area contributed by atoms with E-state index in [2.05, 4.69) is 4.72 Å². The van der Waals surface area contributed by atoms with Crippen molar-refractivity contribution in [2.75, 3.05) is 13.7 Å². The molecule has 0 amide bonds. The summed E-state index contributed by atoms with van der Waals surface area (Å²) >= 11 is 0. The first-order chi connectivity index (χ1) is 12.6. The Kier molecular flexibility index (Phi) is 6.62. The molecule has 0 aliphatic heterocycles. The highest BCUT2D eigenvalue weighted by Crippen LogP contribution is 2.18. The molecule has 7 heteroatoms. The zero-order valence-electron chi connectivity index (χ0n) is 16.2. The molecule has 0 saturated carbocycles. The molecule has 0 aliphatic carbocycles. The summed E-state index contributed by atoms with van der Waals surface area (Å²) < 4.78 is 38.2. The van der Waals surface area contributed by atoms with Crippen molar-refractivity contribution in [3.8, 4) is 5.75 Å². The molecule has 146 valence electrons. The molecular formula is C20H25NO5S. The van der Waals surface area contributed by atoms with E-state index in [1.165, 1.54) is 19.2 Å². The fraction of sp³-hybridized carbons (Fsp3) is 0.350. The number of esters is 1. The van der Waals surface area contributed by atoms with Gasteiger partial charge in [-0.3, -0.25) is 0 Å². The van der Waals surface area contributed by atoms with Gasteiger partial charge in [0.1, 0.15) is 12.4 Å². The zero-order valence-corrected chi connectivity index (χ0v) is 17.0. The molecule has 0 aliphatic rings. The summed E-state index contributed by atoms with van der Waals surface area (Å²) in [6.07, 6.45) is 0. The highest BCUT2D eigenvalue weighted by atomic mass is 32.2. The fourth-order valence-corrected chi connectivity index (χ4v) is 3.74.